The fourth-order valence-corrected chi connectivity index (χ4v) is 3.36. The van der Waals surface area contributed by atoms with Gasteiger partial charge in [-0.25, -0.2) is 0 Å². The molecule has 0 aromatic rings. The Balaban J connectivity index is 1.98. The van der Waals surface area contributed by atoms with Gasteiger partial charge in [0.25, 0.3) is 0 Å². The van der Waals surface area contributed by atoms with Gasteiger partial charge < -0.3 is 16.0 Å². The van der Waals surface area contributed by atoms with E-state index >= 15 is 0 Å². The number of rotatable bonds is 6. The summed E-state index contributed by atoms with van der Waals surface area (Å²) in [6, 6.07) is 0. The molecule has 1 atom stereocenters. The van der Waals surface area contributed by atoms with Gasteiger partial charge in [-0.1, -0.05) is 6.92 Å². The molecular weight excluding hydrogens is 283 g/mol. The summed E-state index contributed by atoms with van der Waals surface area (Å²) in [5, 5.41) is 3.21. The quantitative estimate of drug-likeness (QED) is 0.782. The molecule has 0 aromatic carbocycles. The molecule has 1 saturated heterocycles. The molecule has 1 unspecified atom stereocenters. The molecule has 3 N–H and O–H groups in total. The number of likely N-dealkylation sites (N-methyl/N-ethyl adjacent to an activating group) is 1. The number of carbonyl (C=O) groups excluding carboxylic acids is 1. The Hall–Kier alpha value is -0.820. The Labute approximate surface area is 123 Å². The second kappa shape index (κ2) is 6.12. The van der Waals surface area contributed by atoms with Gasteiger partial charge >= 0.3 is 6.18 Å². The maximum absolute atomic E-state index is 12.7. The minimum Gasteiger partial charge on any atom is -0.368 e. The lowest BCUT2D eigenvalue weighted by atomic mass is 9.89. The Kier molecular flexibility index (Phi) is 4.82. The minimum atomic E-state index is -4.11. The van der Waals surface area contributed by atoms with Crippen LogP contribution in [-0.2, 0) is 4.79 Å². The lowest BCUT2D eigenvalue weighted by Crippen LogP contribution is -2.63. The highest BCUT2D eigenvalue weighted by molar-refractivity contribution is 5.86. The SMILES string of the molecule is CCNC(CN1CCC(C(F)(F)F)CC1)(C(N)=O)C1CC1. The van der Waals surface area contributed by atoms with Crippen LogP contribution in [0.2, 0.25) is 0 Å². The summed E-state index contributed by atoms with van der Waals surface area (Å²) in [7, 11) is 0. The smallest absolute Gasteiger partial charge is 0.368 e. The van der Waals surface area contributed by atoms with E-state index in [-0.39, 0.29) is 24.7 Å². The van der Waals surface area contributed by atoms with Crippen molar-refractivity contribution in [3.8, 4) is 0 Å². The van der Waals surface area contributed by atoms with Crippen molar-refractivity contribution < 1.29 is 18.0 Å². The number of primary amides is 1. The first-order valence-electron chi connectivity index (χ1n) is 7.63. The van der Waals surface area contributed by atoms with Crippen LogP contribution >= 0.6 is 0 Å². The van der Waals surface area contributed by atoms with Crippen molar-refractivity contribution in [3.63, 3.8) is 0 Å². The monoisotopic (exact) mass is 307 g/mol. The molecule has 122 valence electrons. The largest absolute Gasteiger partial charge is 0.391 e. The zero-order valence-corrected chi connectivity index (χ0v) is 12.4. The lowest BCUT2D eigenvalue weighted by Gasteiger charge is -2.40. The number of carbonyl (C=O) groups is 1. The maximum atomic E-state index is 12.7. The molecule has 1 heterocycles. The van der Waals surface area contributed by atoms with E-state index in [1.165, 1.54) is 0 Å². The van der Waals surface area contributed by atoms with E-state index in [1.807, 2.05) is 11.8 Å². The third-order valence-corrected chi connectivity index (χ3v) is 4.73. The number of likely N-dealkylation sites (tertiary alicyclic amines) is 1. The van der Waals surface area contributed by atoms with E-state index in [9.17, 15) is 18.0 Å². The summed E-state index contributed by atoms with van der Waals surface area (Å²) in [4.78, 5) is 13.9. The van der Waals surface area contributed by atoms with Gasteiger partial charge in [0.05, 0.1) is 5.92 Å². The summed E-state index contributed by atoms with van der Waals surface area (Å²) >= 11 is 0. The highest BCUT2D eigenvalue weighted by atomic mass is 19.4. The third kappa shape index (κ3) is 3.69. The van der Waals surface area contributed by atoms with E-state index in [1.54, 1.807) is 0 Å². The molecule has 1 saturated carbocycles. The molecule has 1 aliphatic carbocycles. The fourth-order valence-electron chi connectivity index (χ4n) is 3.36. The first-order chi connectivity index (χ1) is 9.79. The summed E-state index contributed by atoms with van der Waals surface area (Å²) in [6.07, 6.45) is -1.99. The maximum Gasteiger partial charge on any atom is 0.391 e. The van der Waals surface area contributed by atoms with Gasteiger partial charge in [0.15, 0.2) is 0 Å². The number of hydrogen-bond donors (Lipinski definition) is 2. The van der Waals surface area contributed by atoms with Crippen molar-refractivity contribution in [1.29, 1.82) is 0 Å². The van der Waals surface area contributed by atoms with E-state index in [2.05, 4.69) is 5.32 Å². The highest BCUT2D eigenvalue weighted by Crippen LogP contribution is 2.41. The first-order valence-corrected chi connectivity index (χ1v) is 7.63. The van der Waals surface area contributed by atoms with Gasteiger partial charge in [-0.15, -0.1) is 0 Å². The molecular formula is C14H24F3N3O. The summed E-state index contributed by atoms with van der Waals surface area (Å²) in [5.41, 5.74) is 4.83. The Morgan fingerprint density at radius 3 is 2.14 bits per heavy atom. The molecule has 0 aromatic heterocycles. The minimum absolute atomic E-state index is 0.106. The van der Waals surface area contributed by atoms with Gasteiger partial charge in [-0.3, -0.25) is 4.79 Å². The van der Waals surface area contributed by atoms with Crippen LogP contribution in [0.5, 0.6) is 0 Å². The molecule has 4 nitrogen and oxygen atoms in total. The van der Waals surface area contributed by atoms with Crippen LogP contribution in [0.25, 0.3) is 0 Å². The zero-order chi connectivity index (χ0) is 15.7. The van der Waals surface area contributed by atoms with Crippen LogP contribution in [-0.4, -0.2) is 48.7 Å². The Bertz CT molecular complexity index is 376. The number of nitrogens with two attached hydrogens (primary N) is 1. The molecule has 2 rings (SSSR count). The Morgan fingerprint density at radius 1 is 1.19 bits per heavy atom. The van der Waals surface area contributed by atoms with Gasteiger partial charge in [0, 0.05) is 6.54 Å². The number of nitrogens with one attached hydrogen (secondary N) is 1. The normalized spacial score (nSPS) is 24.8. The number of alkyl halides is 3. The van der Waals surface area contributed by atoms with Crippen molar-refractivity contribution in [3.05, 3.63) is 0 Å². The number of halogens is 3. The van der Waals surface area contributed by atoms with Crippen molar-refractivity contribution in [1.82, 2.24) is 10.2 Å². The van der Waals surface area contributed by atoms with Crippen molar-refractivity contribution in [2.24, 2.45) is 17.6 Å². The second-order valence-corrected chi connectivity index (χ2v) is 6.23. The van der Waals surface area contributed by atoms with E-state index in [0.717, 1.165) is 12.8 Å². The number of amides is 1. The van der Waals surface area contributed by atoms with Gasteiger partial charge in [-0.2, -0.15) is 13.2 Å². The van der Waals surface area contributed by atoms with Gasteiger partial charge in [0.1, 0.15) is 5.54 Å². The van der Waals surface area contributed by atoms with Crippen LogP contribution in [0.3, 0.4) is 0 Å². The molecule has 0 bridgehead atoms. The zero-order valence-electron chi connectivity index (χ0n) is 12.4. The number of piperidine rings is 1. The van der Waals surface area contributed by atoms with E-state index < -0.39 is 17.6 Å². The highest BCUT2D eigenvalue weighted by Gasteiger charge is 2.51. The predicted octanol–water partition coefficient (Wildman–Crippen LogP) is 1.50. The average molecular weight is 307 g/mol. The van der Waals surface area contributed by atoms with Crippen molar-refractivity contribution in [2.75, 3.05) is 26.2 Å². The molecule has 21 heavy (non-hydrogen) atoms. The fraction of sp³-hybridized carbons (Fsp3) is 0.929. The van der Waals surface area contributed by atoms with Crippen LogP contribution in [0.1, 0.15) is 32.6 Å². The lowest BCUT2D eigenvalue weighted by molar-refractivity contribution is -0.185. The molecule has 1 amide bonds. The number of hydrogen-bond acceptors (Lipinski definition) is 3. The summed E-state index contributed by atoms with van der Waals surface area (Å²) in [6.45, 7) is 3.70. The van der Waals surface area contributed by atoms with Crippen LogP contribution in [0.4, 0.5) is 13.2 Å². The Morgan fingerprint density at radius 2 is 1.76 bits per heavy atom. The molecule has 0 radical (unpaired) electrons. The summed E-state index contributed by atoms with van der Waals surface area (Å²) < 4.78 is 38.1. The van der Waals surface area contributed by atoms with E-state index in [0.29, 0.717) is 26.2 Å². The van der Waals surface area contributed by atoms with E-state index in [4.69, 9.17) is 5.73 Å². The number of nitrogens with zero attached hydrogens (tertiary/aromatic N) is 1. The predicted molar refractivity (Wildman–Crippen MR) is 73.5 cm³/mol. The third-order valence-electron chi connectivity index (χ3n) is 4.73. The molecule has 1 aliphatic heterocycles. The molecule has 0 spiro atoms. The second-order valence-electron chi connectivity index (χ2n) is 6.23. The van der Waals surface area contributed by atoms with Gasteiger partial charge in [-0.05, 0) is 51.2 Å². The topological polar surface area (TPSA) is 58.4 Å². The van der Waals surface area contributed by atoms with Crippen LogP contribution in [0.15, 0.2) is 0 Å². The average Bonchev–Trinajstić information content (AvgIpc) is 3.22. The van der Waals surface area contributed by atoms with Crippen molar-refractivity contribution >= 4 is 5.91 Å². The van der Waals surface area contributed by atoms with Crippen LogP contribution < -0.4 is 11.1 Å². The summed E-state index contributed by atoms with van der Waals surface area (Å²) in [5.74, 6) is -1.38. The van der Waals surface area contributed by atoms with Crippen LogP contribution in [0, 0.1) is 11.8 Å². The standard InChI is InChI=1S/C14H24F3N3O/c1-2-19-13(12(18)21,10-3-4-10)9-20-7-5-11(6-8-20)14(15,16)17/h10-11,19H,2-9H2,1H3,(H2,18,21). The molecule has 2 fully saturated rings. The molecule has 7 heteroatoms. The van der Waals surface area contributed by atoms with Crippen molar-refractivity contribution in [2.45, 2.75) is 44.3 Å². The van der Waals surface area contributed by atoms with Gasteiger partial charge in [0.2, 0.25) is 5.91 Å². The molecule has 2 aliphatic rings. The first kappa shape index (κ1) is 16.5.